The van der Waals surface area contributed by atoms with Crippen LogP contribution < -0.4 is 10.6 Å². The number of hydrogen-bond acceptors (Lipinski definition) is 5. The van der Waals surface area contributed by atoms with Crippen LogP contribution in [-0.4, -0.2) is 33.3 Å². The molecule has 2 heterocycles. The van der Waals surface area contributed by atoms with E-state index in [0.717, 1.165) is 6.54 Å². The fourth-order valence-electron chi connectivity index (χ4n) is 2.26. The fraction of sp³-hybridized carbons (Fsp3) is 0.267. The SMILES string of the molecule is CCN(C)c1nc(-c2cccc(F)c2)c2c(N)n(C)nc2n1. The minimum atomic E-state index is -0.322. The van der Waals surface area contributed by atoms with E-state index in [0.29, 0.717) is 34.1 Å². The van der Waals surface area contributed by atoms with Crippen LogP contribution in [0.2, 0.25) is 0 Å². The lowest BCUT2D eigenvalue weighted by atomic mass is 10.1. The third-order valence-corrected chi connectivity index (χ3v) is 3.64. The fourth-order valence-corrected chi connectivity index (χ4v) is 2.26. The molecule has 0 spiro atoms. The first-order valence-electron chi connectivity index (χ1n) is 6.98. The summed E-state index contributed by atoms with van der Waals surface area (Å²) in [6.07, 6.45) is 0. The first-order chi connectivity index (χ1) is 10.5. The Morgan fingerprint density at radius 2 is 2.09 bits per heavy atom. The van der Waals surface area contributed by atoms with Crippen molar-refractivity contribution in [3.8, 4) is 11.3 Å². The number of rotatable bonds is 3. The number of aromatic nitrogens is 4. The van der Waals surface area contributed by atoms with Crippen molar-refractivity contribution in [2.75, 3.05) is 24.2 Å². The van der Waals surface area contributed by atoms with Crippen LogP contribution in [0.15, 0.2) is 24.3 Å². The molecule has 114 valence electrons. The first kappa shape index (κ1) is 14.2. The zero-order chi connectivity index (χ0) is 15.9. The number of nitrogens with zero attached hydrogens (tertiary/aromatic N) is 5. The lowest BCUT2D eigenvalue weighted by Crippen LogP contribution is -2.19. The summed E-state index contributed by atoms with van der Waals surface area (Å²) < 4.78 is 15.1. The molecule has 22 heavy (non-hydrogen) atoms. The molecule has 0 bridgehead atoms. The Bertz CT molecular complexity index is 841. The van der Waals surface area contributed by atoms with E-state index in [2.05, 4.69) is 15.1 Å². The number of nitrogen functional groups attached to an aromatic ring is 1. The highest BCUT2D eigenvalue weighted by molar-refractivity contribution is 5.98. The summed E-state index contributed by atoms with van der Waals surface area (Å²) in [7, 11) is 3.64. The molecular formula is C15H17FN6. The summed E-state index contributed by atoms with van der Waals surface area (Å²) in [4.78, 5) is 10.9. The summed E-state index contributed by atoms with van der Waals surface area (Å²) in [6, 6.07) is 6.28. The number of halogens is 1. The molecule has 7 heteroatoms. The van der Waals surface area contributed by atoms with E-state index >= 15 is 0 Å². The van der Waals surface area contributed by atoms with Crippen LogP contribution in [0.4, 0.5) is 16.2 Å². The summed E-state index contributed by atoms with van der Waals surface area (Å²) in [5.74, 6) is 0.671. The normalized spacial score (nSPS) is 11.1. The third-order valence-electron chi connectivity index (χ3n) is 3.64. The Kier molecular flexibility index (Phi) is 3.40. The first-order valence-corrected chi connectivity index (χ1v) is 6.98. The zero-order valence-corrected chi connectivity index (χ0v) is 12.7. The van der Waals surface area contributed by atoms with Crippen molar-refractivity contribution >= 4 is 22.8 Å². The van der Waals surface area contributed by atoms with Gasteiger partial charge < -0.3 is 10.6 Å². The van der Waals surface area contributed by atoms with Crippen molar-refractivity contribution in [3.05, 3.63) is 30.1 Å². The zero-order valence-electron chi connectivity index (χ0n) is 12.7. The third kappa shape index (κ3) is 2.24. The lowest BCUT2D eigenvalue weighted by Gasteiger charge is -2.15. The van der Waals surface area contributed by atoms with Gasteiger partial charge in [-0.1, -0.05) is 12.1 Å². The number of hydrogen-bond donors (Lipinski definition) is 1. The lowest BCUT2D eigenvalue weighted by molar-refractivity contribution is 0.628. The molecule has 1 aromatic carbocycles. The van der Waals surface area contributed by atoms with Gasteiger partial charge in [0.25, 0.3) is 0 Å². The second-order valence-electron chi connectivity index (χ2n) is 5.10. The van der Waals surface area contributed by atoms with Crippen LogP contribution >= 0.6 is 0 Å². The average Bonchev–Trinajstić information content (AvgIpc) is 2.80. The predicted molar refractivity (Wildman–Crippen MR) is 85.1 cm³/mol. The van der Waals surface area contributed by atoms with E-state index in [9.17, 15) is 4.39 Å². The van der Waals surface area contributed by atoms with Crippen molar-refractivity contribution < 1.29 is 4.39 Å². The average molecular weight is 300 g/mol. The standard InChI is InChI=1S/C15H17FN6/c1-4-21(2)15-18-12(9-6-5-7-10(16)8-9)11-13(17)22(3)20-14(11)19-15/h5-8H,4,17H2,1-3H3. The van der Waals surface area contributed by atoms with Gasteiger partial charge in [0.05, 0.1) is 11.1 Å². The second kappa shape index (κ2) is 5.25. The maximum atomic E-state index is 13.6. The summed E-state index contributed by atoms with van der Waals surface area (Å²) >= 11 is 0. The maximum Gasteiger partial charge on any atom is 0.227 e. The largest absolute Gasteiger partial charge is 0.383 e. The van der Waals surface area contributed by atoms with E-state index in [1.54, 1.807) is 23.9 Å². The highest BCUT2D eigenvalue weighted by Crippen LogP contribution is 2.31. The monoisotopic (exact) mass is 300 g/mol. The van der Waals surface area contributed by atoms with Gasteiger partial charge in [-0.05, 0) is 19.1 Å². The predicted octanol–water partition coefficient (Wildman–Crippen LogP) is 2.21. The van der Waals surface area contributed by atoms with Gasteiger partial charge in [0.15, 0.2) is 5.65 Å². The van der Waals surface area contributed by atoms with Gasteiger partial charge in [-0.15, -0.1) is 0 Å². The molecule has 3 aromatic rings. The summed E-state index contributed by atoms with van der Waals surface area (Å²) in [5.41, 5.74) is 7.83. The van der Waals surface area contributed by atoms with Crippen molar-refractivity contribution in [2.24, 2.45) is 7.05 Å². The number of fused-ring (bicyclic) bond motifs is 1. The Morgan fingerprint density at radius 3 is 2.77 bits per heavy atom. The van der Waals surface area contributed by atoms with Crippen LogP contribution in [0, 0.1) is 5.82 Å². The molecule has 0 amide bonds. The van der Waals surface area contributed by atoms with Crippen LogP contribution in [0.25, 0.3) is 22.3 Å². The van der Waals surface area contributed by atoms with Gasteiger partial charge in [0.1, 0.15) is 11.6 Å². The molecule has 0 fully saturated rings. The molecule has 0 aliphatic rings. The molecule has 0 radical (unpaired) electrons. The topological polar surface area (TPSA) is 72.9 Å². The number of anilines is 2. The molecule has 0 aliphatic carbocycles. The summed E-state index contributed by atoms with van der Waals surface area (Å²) in [5, 5.41) is 4.96. The van der Waals surface area contributed by atoms with Crippen LogP contribution in [-0.2, 0) is 7.05 Å². The molecule has 2 aromatic heterocycles. The number of nitrogens with two attached hydrogens (primary N) is 1. The van der Waals surface area contributed by atoms with Gasteiger partial charge in [0, 0.05) is 26.2 Å². The van der Waals surface area contributed by atoms with E-state index in [4.69, 9.17) is 5.73 Å². The molecule has 3 rings (SSSR count). The Hall–Kier alpha value is -2.70. The number of benzene rings is 1. The van der Waals surface area contributed by atoms with Crippen molar-refractivity contribution in [1.29, 1.82) is 0 Å². The Labute approximate surface area is 127 Å². The van der Waals surface area contributed by atoms with Crippen LogP contribution in [0.5, 0.6) is 0 Å². The van der Waals surface area contributed by atoms with Gasteiger partial charge >= 0.3 is 0 Å². The minimum Gasteiger partial charge on any atom is -0.383 e. The van der Waals surface area contributed by atoms with Gasteiger partial charge in [0.2, 0.25) is 5.95 Å². The quantitative estimate of drug-likeness (QED) is 0.803. The highest BCUT2D eigenvalue weighted by Gasteiger charge is 2.18. The smallest absolute Gasteiger partial charge is 0.227 e. The van der Waals surface area contributed by atoms with E-state index in [-0.39, 0.29) is 5.82 Å². The maximum absolute atomic E-state index is 13.6. The van der Waals surface area contributed by atoms with Gasteiger partial charge in [-0.2, -0.15) is 10.1 Å². The molecule has 0 unspecified atom stereocenters. The molecule has 6 nitrogen and oxygen atoms in total. The van der Waals surface area contributed by atoms with Crippen LogP contribution in [0.3, 0.4) is 0 Å². The van der Waals surface area contributed by atoms with Gasteiger partial charge in [-0.3, -0.25) is 4.68 Å². The number of aryl methyl sites for hydroxylation is 1. The highest BCUT2D eigenvalue weighted by atomic mass is 19.1. The second-order valence-corrected chi connectivity index (χ2v) is 5.10. The van der Waals surface area contributed by atoms with Crippen molar-refractivity contribution in [3.63, 3.8) is 0 Å². The van der Waals surface area contributed by atoms with Gasteiger partial charge in [-0.25, -0.2) is 9.37 Å². The molecule has 0 saturated carbocycles. The molecule has 2 N–H and O–H groups in total. The van der Waals surface area contributed by atoms with E-state index in [1.165, 1.54) is 12.1 Å². The van der Waals surface area contributed by atoms with E-state index < -0.39 is 0 Å². The minimum absolute atomic E-state index is 0.322. The Morgan fingerprint density at radius 1 is 1.32 bits per heavy atom. The summed E-state index contributed by atoms with van der Waals surface area (Å²) in [6.45, 7) is 2.75. The van der Waals surface area contributed by atoms with E-state index in [1.807, 2.05) is 18.9 Å². The van der Waals surface area contributed by atoms with Crippen molar-refractivity contribution in [1.82, 2.24) is 19.7 Å². The molecule has 0 saturated heterocycles. The Balaban J connectivity index is 2.34. The molecule has 0 aliphatic heterocycles. The molecule has 0 atom stereocenters. The molecular weight excluding hydrogens is 283 g/mol. The van der Waals surface area contributed by atoms with Crippen LogP contribution in [0.1, 0.15) is 6.92 Å². The van der Waals surface area contributed by atoms with Crippen molar-refractivity contribution in [2.45, 2.75) is 6.92 Å².